The molecule has 0 amide bonds. The van der Waals surface area contributed by atoms with E-state index in [0.29, 0.717) is 6.04 Å². The summed E-state index contributed by atoms with van der Waals surface area (Å²) in [6, 6.07) is 5.60. The predicted molar refractivity (Wildman–Crippen MR) is 70.4 cm³/mol. The van der Waals surface area contributed by atoms with Crippen molar-refractivity contribution in [1.82, 2.24) is 5.32 Å². The Morgan fingerprint density at radius 3 is 3.06 bits per heavy atom. The zero-order valence-electron chi connectivity index (χ0n) is 10.3. The predicted octanol–water partition coefficient (Wildman–Crippen LogP) is 0.823. The highest BCUT2D eigenvalue weighted by Gasteiger charge is 2.31. The molecule has 0 saturated carbocycles. The summed E-state index contributed by atoms with van der Waals surface area (Å²) in [7, 11) is 1.99. The number of hydrogen-bond donors (Lipinski definition) is 1. The molecule has 0 aliphatic carbocycles. The van der Waals surface area contributed by atoms with Crippen LogP contribution in [0.1, 0.15) is 0 Å². The maximum absolute atomic E-state index is 10.8. The molecule has 0 radical (unpaired) electrons. The molecule has 1 fully saturated rings. The Labute approximate surface area is 105 Å². The first-order valence-electron chi connectivity index (χ1n) is 6.14. The molecular formula is C12H16N4O2. The molecule has 1 saturated heterocycles. The van der Waals surface area contributed by atoms with Gasteiger partial charge in [-0.3, -0.25) is 10.1 Å². The Morgan fingerprint density at radius 2 is 2.28 bits per heavy atom. The number of fused-ring (bicyclic) bond motifs is 3. The molecule has 2 aliphatic heterocycles. The first kappa shape index (κ1) is 11.3. The topological polar surface area (TPSA) is 61.6 Å². The second-order valence-electron chi connectivity index (χ2n) is 4.86. The number of rotatable bonds is 1. The van der Waals surface area contributed by atoms with Gasteiger partial charge >= 0.3 is 0 Å². The van der Waals surface area contributed by atoms with Gasteiger partial charge in [0.15, 0.2) is 0 Å². The second-order valence-corrected chi connectivity index (χ2v) is 4.86. The minimum absolute atomic E-state index is 0.161. The summed E-state index contributed by atoms with van der Waals surface area (Å²) >= 11 is 0. The van der Waals surface area contributed by atoms with Crippen LogP contribution >= 0.6 is 0 Å². The van der Waals surface area contributed by atoms with Crippen molar-refractivity contribution in [1.29, 1.82) is 0 Å². The van der Waals surface area contributed by atoms with Crippen molar-refractivity contribution in [2.75, 3.05) is 43.0 Å². The Balaban J connectivity index is 2.03. The molecule has 1 unspecified atom stereocenters. The number of hydrogen-bond acceptors (Lipinski definition) is 5. The Kier molecular flexibility index (Phi) is 2.59. The fourth-order valence-electron chi connectivity index (χ4n) is 2.83. The third-order valence-electron chi connectivity index (χ3n) is 3.73. The molecule has 96 valence electrons. The molecular weight excluding hydrogens is 232 g/mol. The molecule has 0 bridgehead atoms. The van der Waals surface area contributed by atoms with Gasteiger partial charge in [0.1, 0.15) is 0 Å². The van der Waals surface area contributed by atoms with Crippen molar-refractivity contribution in [2.45, 2.75) is 6.04 Å². The normalized spacial score (nSPS) is 22.4. The van der Waals surface area contributed by atoms with E-state index in [4.69, 9.17) is 0 Å². The SMILES string of the molecule is CN1CC2CNCCN2c2ccc([N+](=O)[O-])cc21. The van der Waals surface area contributed by atoms with Gasteiger partial charge in [-0.15, -0.1) is 0 Å². The summed E-state index contributed by atoms with van der Waals surface area (Å²) in [4.78, 5) is 15.0. The molecule has 2 heterocycles. The number of nitrogens with zero attached hydrogens (tertiary/aromatic N) is 3. The highest BCUT2D eigenvalue weighted by Crippen LogP contribution is 2.37. The summed E-state index contributed by atoms with van der Waals surface area (Å²) in [5, 5.41) is 14.2. The molecule has 2 aliphatic rings. The van der Waals surface area contributed by atoms with E-state index in [2.05, 4.69) is 15.1 Å². The number of benzene rings is 1. The van der Waals surface area contributed by atoms with Crippen LogP contribution in [0.25, 0.3) is 0 Å². The Hall–Kier alpha value is -1.82. The third kappa shape index (κ3) is 1.69. The molecule has 1 aromatic carbocycles. The van der Waals surface area contributed by atoms with E-state index in [1.54, 1.807) is 12.1 Å². The maximum atomic E-state index is 10.8. The lowest BCUT2D eigenvalue weighted by atomic mass is 10.0. The summed E-state index contributed by atoms with van der Waals surface area (Å²) in [6.45, 7) is 3.81. The average Bonchev–Trinajstić information content (AvgIpc) is 2.38. The fraction of sp³-hybridized carbons (Fsp3) is 0.500. The lowest BCUT2D eigenvalue weighted by molar-refractivity contribution is -0.384. The molecule has 0 aromatic heterocycles. The van der Waals surface area contributed by atoms with Crippen molar-refractivity contribution in [3.05, 3.63) is 28.3 Å². The van der Waals surface area contributed by atoms with Gasteiger partial charge in [0.2, 0.25) is 0 Å². The molecule has 3 rings (SSSR count). The second kappa shape index (κ2) is 4.13. The van der Waals surface area contributed by atoms with E-state index in [1.807, 2.05) is 13.1 Å². The molecule has 1 atom stereocenters. The van der Waals surface area contributed by atoms with E-state index >= 15 is 0 Å². The first-order chi connectivity index (χ1) is 8.66. The van der Waals surface area contributed by atoms with Crippen LogP contribution in [-0.4, -0.2) is 44.2 Å². The lowest BCUT2D eigenvalue weighted by Crippen LogP contribution is -2.58. The number of likely N-dealkylation sites (N-methyl/N-ethyl adjacent to an activating group) is 1. The number of non-ortho nitro benzene ring substituents is 1. The van der Waals surface area contributed by atoms with Crippen LogP contribution in [0.5, 0.6) is 0 Å². The smallest absolute Gasteiger partial charge is 0.271 e. The molecule has 1 aromatic rings. The summed E-state index contributed by atoms with van der Waals surface area (Å²) in [6.07, 6.45) is 0. The first-order valence-corrected chi connectivity index (χ1v) is 6.14. The van der Waals surface area contributed by atoms with E-state index in [-0.39, 0.29) is 10.6 Å². The van der Waals surface area contributed by atoms with Gasteiger partial charge < -0.3 is 15.1 Å². The standard InChI is InChI=1S/C12H16N4O2/c1-14-8-10-7-13-4-5-15(10)11-3-2-9(16(17)18)6-12(11)14/h2-3,6,10,13H,4-5,7-8H2,1H3. The highest BCUT2D eigenvalue weighted by molar-refractivity contribution is 5.76. The van der Waals surface area contributed by atoms with Crippen molar-refractivity contribution < 1.29 is 4.92 Å². The maximum Gasteiger partial charge on any atom is 0.271 e. The van der Waals surface area contributed by atoms with Crippen LogP contribution in [0.15, 0.2) is 18.2 Å². The van der Waals surface area contributed by atoms with Gasteiger partial charge in [-0.1, -0.05) is 0 Å². The average molecular weight is 248 g/mol. The molecule has 1 N–H and O–H groups in total. The summed E-state index contributed by atoms with van der Waals surface area (Å²) in [5.41, 5.74) is 2.23. The van der Waals surface area contributed by atoms with Gasteiger partial charge in [-0.2, -0.15) is 0 Å². The van der Waals surface area contributed by atoms with Gasteiger partial charge in [0.05, 0.1) is 22.3 Å². The van der Waals surface area contributed by atoms with Crippen molar-refractivity contribution in [3.63, 3.8) is 0 Å². The van der Waals surface area contributed by atoms with Crippen molar-refractivity contribution >= 4 is 17.1 Å². The minimum atomic E-state index is -0.335. The van der Waals surface area contributed by atoms with Crippen LogP contribution in [-0.2, 0) is 0 Å². The van der Waals surface area contributed by atoms with E-state index in [1.165, 1.54) is 0 Å². The van der Waals surface area contributed by atoms with Crippen LogP contribution in [0, 0.1) is 10.1 Å². The van der Waals surface area contributed by atoms with E-state index < -0.39 is 0 Å². The Morgan fingerprint density at radius 1 is 1.44 bits per heavy atom. The lowest BCUT2D eigenvalue weighted by Gasteiger charge is -2.45. The molecule has 6 heteroatoms. The molecule has 0 spiro atoms. The zero-order valence-corrected chi connectivity index (χ0v) is 10.3. The molecule has 6 nitrogen and oxygen atoms in total. The zero-order chi connectivity index (χ0) is 12.7. The van der Waals surface area contributed by atoms with Crippen LogP contribution in [0.3, 0.4) is 0 Å². The third-order valence-corrected chi connectivity index (χ3v) is 3.73. The van der Waals surface area contributed by atoms with Crippen LogP contribution < -0.4 is 15.1 Å². The van der Waals surface area contributed by atoms with E-state index in [0.717, 1.165) is 37.6 Å². The largest absolute Gasteiger partial charge is 0.371 e. The number of nitro groups is 1. The monoisotopic (exact) mass is 248 g/mol. The van der Waals surface area contributed by atoms with Crippen LogP contribution in [0.4, 0.5) is 17.1 Å². The molecule has 18 heavy (non-hydrogen) atoms. The quantitative estimate of drug-likeness (QED) is 0.589. The fourth-order valence-corrected chi connectivity index (χ4v) is 2.83. The van der Waals surface area contributed by atoms with Crippen molar-refractivity contribution in [3.8, 4) is 0 Å². The Bertz CT molecular complexity index is 491. The number of anilines is 2. The van der Waals surface area contributed by atoms with Gasteiger partial charge in [-0.25, -0.2) is 0 Å². The minimum Gasteiger partial charge on any atom is -0.371 e. The van der Waals surface area contributed by atoms with E-state index in [9.17, 15) is 10.1 Å². The summed E-state index contributed by atoms with van der Waals surface area (Å²) in [5.74, 6) is 0. The van der Waals surface area contributed by atoms with Gasteiger partial charge in [-0.05, 0) is 6.07 Å². The number of nitro benzene ring substituents is 1. The van der Waals surface area contributed by atoms with Gasteiger partial charge in [0, 0.05) is 45.4 Å². The van der Waals surface area contributed by atoms with Crippen LogP contribution in [0.2, 0.25) is 0 Å². The highest BCUT2D eigenvalue weighted by atomic mass is 16.6. The van der Waals surface area contributed by atoms with Crippen molar-refractivity contribution in [2.24, 2.45) is 0 Å². The summed E-state index contributed by atoms with van der Waals surface area (Å²) < 4.78 is 0. The number of nitrogens with one attached hydrogen (secondary N) is 1. The number of piperazine rings is 1. The van der Waals surface area contributed by atoms with Gasteiger partial charge in [0.25, 0.3) is 5.69 Å².